The number of hydrogen-bond acceptors (Lipinski definition) is 5. The van der Waals surface area contributed by atoms with Gasteiger partial charge in [0.1, 0.15) is 5.60 Å². The summed E-state index contributed by atoms with van der Waals surface area (Å²) in [7, 11) is 1.85. The van der Waals surface area contributed by atoms with Gasteiger partial charge in [-0.3, -0.25) is 9.48 Å². The molecule has 29 heavy (non-hydrogen) atoms. The highest BCUT2D eigenvalue weighted by Crippen LogP contribution is 2.52. The average Bonchev–Trinajstić information content (AvgIpc) is 2.95. The van der Waals surface area contributed by atoms with Crippen molar-refractivity contribution in [2.45, 2.75) is 45.8 Å². The van der Waals surface area contributed by atoms with Gasteiger partial charge in [0.15, 0.2) is 5.65 Å². The van der Waals surface area contributed by atoms with Crippen molar-refractivity contribution in [3.05, 3.63) is 24.0 Å². The Hall–Kier alpha value is -2.64. The van der Waals surface area contributed by atoms with Crippen molar-refractivity contribution in [2.24, 2.45) is 24.8 Å². The molecule has 2 aliphatic rings. The molecule has 2 fully saturated rings. The summed E-state index contributed by atoms with van der Waals surface area (Å²) in [6.45, 7) is 10.7. The van der Waals surface area contributed by atoms with Crippen molar-refractivity contribution in [3.63, 3.8) is 0 Å². The van der Waals surface area contributed by atoms with Gasteiger partial charge in [-0.15, -0.1) is 0 Å². The number of likely N-dealkylation sites (tertiary alicyclic amines) is 1. The first kappa shape index (κ1) is 19.7. The Bertz CT molecular complexity index is 962. The predicted octanol–water partition coefficient (Wildman–Crippen LogP) is 2.43. The second-order valence-corrected chi connectivity index (χ2v) is 9.70. The molecule has 2 amide bonds. The number of hydrogen-bond donors (Lipinski definition) is 1. The summed E-state index contributed by atoms with van der Waals surface area (Å²) < 4.78 is 7.18. The van der Waals surface area contributed by atoms with Gasteiger partial charge >= 0.3 is 6.09 Å². The first-order valence-electron chi connectivity index (χ1n) is 10.1. The first-order valence-corrected chi connectivity index (χ1v) is 10.1. The van der Waals surface area contributed by atoms with Crippen LogP contribution in [0.1, 0.15) is 40.3 Å². The number of nitrogens with one attached hydrogen (secondary N) is 1. The fourth-order valence-corrected chi connectivity index (χ4v) is 4.39. The zero-order chi connectivity index (χ0) is 21.1. The molecule has 2 aromatic rings. The molecule has 3 atom stereocenters. The molecule has 0 bridgehead atoms. The normalized spacial score (nSPS) is 23.8. The molecule has 1 aliphatic heterocycles. The number of pyridine rings is 1. The molecule has 8 nitrogen and oxygen atoms in total. The van der Waals surface area contributed by atoms with Crippen molar-refractivity contribution in [3.8, 4) is 0 Å². The van der Waals surface area contributed by atoms with Gasteiger partial charge in [-0.25, -0.2) is 9.78 Å². The summed E-state index contributed by atoms with van der Waals surface area (Å²) in [5, 5.41) is 8.72. The van der Waals surface area contributed by atoms with Crippen molar-refractivity contribution < 1.29 is 14.3 Å². The number of carbonyl (C=O) groups excluding carboxylic acids is 2. The number of ether oxygens (including phenoxy) is 1. The van der Waals surface area contributed by atoms with E-state index in [9.17, 15) is 9.59 Å². The minimum Gasteiger partial charge on any atom is -0.444 e. The highest BCUT2D eigenvalue weighted by molar-refractivity contribution is 5.85. The van der Waals surface area contributed by atoms with Crippen LogP contribution in [0, 0.1) is 17.8 Å². The number of nitrogens with zero attached hydrogens (tertiary/aromatic N) is 4. The third-order valence-electron chi connectivity index (χ3n) is 5.77. The van der Waals surface area contributed by atoms with Crippen molar-refractivity contribution in [1.29, 1.82) is 0 Å². The second-order valence-electron chi connectivity index (χ2n) is 9.70. The Labute approximate surface area is 170 Å². The standard InChI is InChI=1S/C21H29N5O3/c1-20(2,3)29-19(28)26-10-13-14(11-26)15(13)18(27)23-21(4,5)16-12-8-7-9-22-17(12)25(6)24-16/h7-9,13-15H,10-11H2,1-6H3,(H,23,27)/t13-,14+,15+. The molecule has 1 saturated heterocycles. The lowest BCUT2D eigenvalue weighted by atomic mass is 9.97. The van der Waals surface area contributed by atoms with E-state index in [1.807, 2.05) is 53.8 Å². The minimum absolute atomic E-state index is 0.0246. The van der Waals surface area contributed by atoms with Crippen LogP contribution in [0.4, 0.5) is 4.79 Å². The number of carbonyl (C=O) groups is 2. The molecule has 3 heterocycles. The number of aromatic nitrogens is 3. The van der Waals surface area contributed by atoms with E-state index < -0.39 is 11.1 Å². The van der Waals surface area contributed by atoms with E-state index in [1.165, 1.54) is 0 Å². The topological polar surface area (TPSA) is 89.4 Å². The molecule has 1 saturated carbocycles. The third kappa shape index (κ3) is 3.56. The SMILES string of the molecule is Cn1nc(C(C)(C)NC(=O)[C@H]2[C@@H]3CN(C(=O)OC(C)(C)C)C[C@@H]32)c2cccnc21. The largest absolute Gasteiger partial charge is 0.444 e. The average molecular weight is 399 g/mol. The Balaban J connectivity index is 1.41. The van der Waals surface area contributed by atoms with Gasteiger partial charge in [0.2, 0.25) is 5.91 Å². The molecule has 8 heteroatoms. The Kier molecular flexibility index (Phi) is 4.36. The van der Waals surface area contributed by atoms with Crippen molar-refractivity contribution in [1.82, 2.24) is 25.0 Å². The Morgan fingerprint density at radius 2 is 1.83 bits per heavy atom. The van der Waals surface area contributed by atoms with E-state index in [0.717, 1.165) is 16.7 Å². The van der Waals surface area contributed by atoms with E-state index in [-0.39, 0.29) is 29.8 Å². The molecule has 1 aliphatic carbocycles. The van der Waals surface area contributed by atoms with Gasteiger partial charge in [0, 0.05) is 37.6 Å². The number of piperidine rings is 1. The van der Waals surface area contributed by atoms with Crippen LogP contribution in [0.3, 0.4) is 0 Å². The second kappa shape index (κ2) is 6.43. The molecule has 0 aromatic carbocycles. The summed E-state index contributed by atoms with van der Waals surface area (Å²) in [5.74, 6) is 0.388. The summed E-state index contributed by atoms with van der Waals surface area (Å²) >= 11 is 0. The molecular formula is C21H29N5O3. The fourth-order valence-electron chi connectivity index (χ4n) is 4.39. The maximum atomic E-state index is 13.0. The van der Waals surface area contributed by atoms with Crippen LogP contribution in [0.2, 0.25) is 0 Å². The van der Waals surface area contributed by atoms with Gasteiger partial charge < -0.3 is 15.0 Å². The van der Waals surface area contributed by atoms with E-state index in [4.69, 9.17) is 4.74 Å². The van der Waals surface area contributed by atoms with Crippen LogP contribution < -0.4 is 5.32 Å². The van der Waals surface area contributed by atoms with Crippen LogP contribution in [-0.2, 0) is 22.1 Å². The van der Waals surface area contributed by atoms with Gasteiger partial charge in [-0.1, -0.05) is 0 Å². The summed E-state index contributed by atoms with van der Waals surface area (Å²) in [6, 6.07) is 3.85. The zero-order valence-electron chi connectivity index (χ0n) is 17.9. The highest BCUT2D eigenvalue weighted by Gasteiger charge is 2.61. The molecule has 1 N–H and O–H groups in total. The lowest BCUT2D eigenvalue weighted by Crippen LogP contribution is -2.44. The number of rotatable bonds is 3. The number of fused-ring (bicyclic) bond motifs is 2. The summed E-state index contributed by atoms with van der Waals surface area (Å²) in [4.78, 5) is 31.3. The van der Waals surface area contributed by atoms with Crippen molar-refractivity contribution >= 4 is 23.0 Å². The van der Waals surface area contributed by atoms with Crippen LogP contribution in [0.25, 0.3) is 11.0 Å². The van der Waals surface area contributed by atoms with E-state index in [0.29, 0.717) is 13.1 Å². The molecule has 4 rings (SSSR count). The third-order valence-corrected chi connectivity index (χ3v) is 5.77. The first-order chi connectivity index (χ1) is 13.5. The number of amides is 2. The van der Waals surface area contributed by atoms with E-state index in [1.54, 1.807) is 15.8 Å². The van der Waals surface area contributed by atoms with E-state index in [2.05, 4.69) is 15.4 Å². The summed E-state index contributed by atoms with van der Waals surface area (Å²) in [6.07, 6.45) is 1.44. The summed E-state index contributed by atoms with van der Waals surface area (Å²) in [5.41, 5.74) is 0.463. The van der Waals surface area contributed by atoms with Gasteiger partial charge in [0.25, 0.3) is 0 Å². The van der Waals surface area contributed by atoms with Crippen LogP contribution >= 0.6 is 0 Å². The fraction of sp³-hybridized carbons (Fsp3) is 0.619. The van der Waals surface area contributed by atoms with Crippen molar-refractivity contribution in [2.75, 3.05) is 13.1 Å². The molecule has 156 valence electrons. The maximum Gasteiger partial charge on any atom is 0.410 e. The van der Waals surface area contributed by atoms with Gasteiger partial charge in [-0.05, 0) is 58.6 Å². The Morgan fingerprint density at radius 1 is 1.17 bits per heavy atom. The zero-order valence-corrected chi connectivity index (χ0v) is 17.9. The van der Waals surface area contributed by atoms with Crippen LogP contribution in [-0.4, -0.2) is 50.4 Å². The quantitative estimate of drug-likeness (QED) is 0.856. The van der Waals surface area contributed by atoms with Gasteiger partial charge in [0.05, 0.1) is 11.2 Å². The van der Waals surface area contributed by atoms with Gasteiger partial charge in [-0.2, -0.15) is 5.10 Å². The molecular weight excluding hydrogens is 370 g/mol. The monoisotopic (exact) mass is 399 g/mol. The molecule has 0 spiro atoms. The minimum atomic E-state index is -0.624. The highest BCUT2D eigenvalue weighted by atomic mass is 16.6. The lowest BCUT2D eigenvalue weighted by Gasteiger charge is -2.27. The molecule has 2 aromatic heterocycles. The predicted molar refractivity (Wildman–Crippen MR) is 108 cm³/mol. The Morgan fingerprint density at radius 3 is 2.45 bits per heavy atom. The molecule has 0 unspecified atom stereocenters. The molecule has 0 radical (unpaired) electrons. The van der Waals surface area contributed by atoms with Crippen LogP contribution in [0.15, 0.2) is 18.3 Å². The lowest BCUT2D eigenvalue weighted by molar-refractivity contribution is -0.125. The maximum absolute atomic E-state index is 13.0. The van der Waals surface area contributed by atoms with E-state index >= 15 is 0 Å². The number of aryl methyl sites for hydroxylation is 1. The smallest absolute Gasteiger partial charge is 0.410 e. The van der Waals surface area contributed by atoms with Crippen LogP contribution in [0.5, 0.6) is 0 Å².